The Hall–Kier alpha value is -1.57. The molecule has 22 heavy (non-hydrogen) atoms. The fourth-order valence-corrected chi connectivity index (χ4v) is 3.19. The summed E-state index contributed by atoms with van der Waals surface area (Å²) < 4.78 is 45.1. The van der Waals surface area contributed by atoms with Crippen LogP contribution in [-0.4, -0.2) is 45.4 Å². The van der Waals surface area contributed by atoms with E-state index in [-0.39, 0.29) is 17.4 Å². The summed E-state index contributed by atoms with van der Waals surface area (Å²) in [6.07, 6.45) is -1.84. The predicted octanol–water partition coefficient (Wildman–Crippen LogP) is 2.22. The van der Waals surface area contributed by atoms with Crippen LogP contribution in [0.5, 0.6) is 0 Å². The van der Waals surface area contributed by atoms with Crippen molar-refractivity contribution in [3.05, 3.63) is 17.5 Å². The van der Waals surface area contributed by atoms with Crippen molar-refractivity contribution in [2.45, 2.75) is 44.1 Å². The first-order valence-corrected chi connectivity index (χ1v) is 7.28. The summed E-state index contributed by atoms with van der Waals surface area (Å²) in [5, 5.41) is 3.40. The van der Waals surface area contributed by atoms with E-state index in [0.29, 0.717) is 13.1 Å². The van der Waals surface area contributed by atoms with Gasteiger partial charge in [-0.1, -0.05) is 0 Å². The molecule has 1 atom stereocenters. The van der Waals surface area contributed by atoms with Gasteiger partial charge in [-0.2, -0.15) is 18.3 Å². The highest BCUT2D eigenvalue weighted by molar-refractivity contribution is 5.93. The minimum Gasteiger partial charge on any atom is -0.368 e. The van der Waals surface area contributed by atoms with Gasteiger partial charge in [-0.05, 0) is 26.2 Å². The number of halogens is 3. The van der Waals surface area contributed by atoms with Crippen molar-refractivity contribution in [2.24, 2.45) is 7.05 Å². The molecule has 3 rings (SSSR count). The van der Waals surface area contributed by atoms with Crippen molar-refractivity contribution in [2.75, 3.05) is 13.1 Å². The lowest BCUT2D eigenvalue weighted by molar-refractivity contribution is -0.176. The Morgan fingerprint density at radius 2 is 2.14 bits per heavy atom. The van der Waals surface area contributed by atoms with Crippen molar-refractivity contribution in [3.8, 4) is 0 Å². The maximum absolute atomic E-state index is 12.7. The molecule has 1 saturated heterocycles. The fraction of sp³-hybridized carbons (Fsp3) is 0.714. The van der Waals surface area contributed by atoms with Gasteiger partial charge in [0.15, 0.2) is 5.69 Å². The highest BCUT2D eigenvalue weighted by Gasteiger charge is 2.46. The number of amides is 1. The van der Waals surface area contributed by atoms with Gasteiger partial charge in [0.2, 0.25) is 0 Å². The average molecular weight is 317 g/mol. The number of nitrogens with zero attached hydrogens (tertiary/aromatic N) is 3. The monoisotopic (exact) mass is 317 g/mol. The summed E-state index contributed by atoms with van der Waals surface area (Å²) in [5.74, 6) is -0.424. The predicted molar refractivity (Wildman–Crippen MR) is 71.2 cm³/mol. The molecule has 1 aliphatic heterocycles. The zero-order chi connectivity index (χ0) is 16.1. The molecule has 2 fully saturated rings. The summed E-state index contributed by atoms with van der Waals surface area (Å²) in [6, 6.07) is 0.815. The molecule has 1 unspecified atom stereocenters. The van der Waals surface area contributed by atoms with E-state index >= 15 is 0 Å². The molecule has 8 heteroatoms. The highest BCUT2D eigenvalue weighted by Crippen LogP contribution is 2.40. The molecule has 0 aromatic carbocycles. The molecule has 122 valence electrons. The number of aryl methyl sites for hydroxylation is 1. The van der Waals surface area contributed by atoms with Gasteiger partial charge in [0.25, 0.3) is 5.91 Å². The van der Waals surface area contributed by atoms with Crippen LogP contribution in [0.25, 0.3) is 0 Å². The van der Waals surface area contributed by atoms with Gasteiger partial charge < -0.3 is 9.64 Å². The largest absolute Gasteiger partial charge is 0.435 e. The van der Waals surface area contributed by atoms with Gasteiger partial charge in [0.1, 0.15) is 5.69 Å². The van der Waals surface area contributed by atoms with Crippen LogP contribution in [0, 0.1) is 0 Å². The van der Waals surface area contributed by atoms with E-state index in [1.54, 1.807) is 4.90 Å². The molecule has 1 amide bonds. The Kier molecular flexibility index (Phi) is 3.47. The Balaban J connectivity index is 1.83. The second-order valence-electron chi connectivity index (χ2n) is 6.19. The Morgan fingerprint density at radius 1 is 1.45 bits per heavy atom. The number of aromatic nitrogens is 2. The standard InChI is InChI=1S/C14H18F3N3O2/c1-9-7-20(8-13(22-9)4-3-5-13)12(21)10-6-11(14(15,16)17)18-19(10)2/h6,9H,3-5,7-8H2,1-2H3. The van der Waals surface area contributed by atoms with Crippen molar-refractivity contribution < 1.29 is 22.7 Å². The average Bonchev–Trinajstić information content (AvgIpc) is 2.77. The van der Waals surface area contributed by atoms with Crippen LogP contribution < -0.4 is 0 Å². The Morgan fingerprint density at radius 3 is 2.64 bits per heavy atom. The molecule has 1 saturated carbocycles. The molecule has 1 aromatic heterocycles. The molecule has 1 aliphatic carbocycles. The van der Waals surface area contributed by atoms with Gasteiger partial charge in [0, 0.05) is 19.7 Å². The summed E-state index contributed by atoms with van der Waals surface area (Å²) in [5.41, 5.74) is -1.40. The zero-order valence-corrected chi connectivity index (χ0v) is 12.5. The van der Waals surface area contributed by atoms with E-state index in [4.69, 9.17) is 4.74 Å². The van der Waals surface area contributed by atoms with E-state index in [1.807, 2.05) is 6.92 Å². The molecule has 0 radical (unpaired) electrons. The molecule has 2 heterocycles. The third kappa shape index (κ3) is 2.60. The summed E-state index contributed by atoms with van der Waals surface area (Å²) >= 11 is 0. The number of rotatable bonds is 1. The van der Waals surface area contributed by atoms with Gasteiger partial charge in [-0.3, -0.25) is 9.48 Å². The van der Waals surface area contributed by atoms with Crippen LogP contribution in [0.1, 0.15) is 42.4 Å². The van der Waals surface area contributed by atoms with Crippen LogP contribution >= 0.6 is 0 Å². The van der Waals surface area contributed by atoms with Gasteiger partial charge in [0.05, 0.1) is 18.2 Å². The number of ether oxygens (including phenoxy) is 1. The molecule has 5 nitrogen and oxygen atoms in total. The smallest absolute Gasteiger partial charge is 0.368 e. The maximum Gasteiger partial charge on any atom is 0.435 e. The van der Waals surface area contributed by atoms with E-state index in [2.05, 4.69) is 5.10 Å². The lowest BCUT2D eigenvalue weighted by atomic mass is 9.78. The first-order valence-electron chi connectivity index (χ1n) is 7.28. The summed E-state index contributed by atoms with van der Waals surface area (Å²) in [6.45, 7) is 2.69. The van der Waals surface area contributed by atoms with Crippen molar-refractivity contribution in [1.82, 2.24) is 14.7 Å². The number of hydrogen-bond donors (Lipinski definition) is 0. The first-order chi connectivity index (χ1) is 10.2. The Labute approximate surface area is 126 Å². The fourth-order valence-electron chi connectivity index (χ4n) is 3.19. The third-order valence-corrected chi connectivity index (χ3v) is 4.35. The topological polar surface area (TPSA) is 47.4 Å². The number of carbonyl (C=O) groups is 1. The number of carbonyl (C=O) groups excluding carboxylic acids is 1. The minimum absolute atomic E-state index is 0.0455. The van der Waals surface area contributed by atoms with Crippen LogP contribution in [-0.2, 0) is 18.0 Å². The third-order valence-electron chi connectivity index (χ3n) is 4.35. The Bertz CT molecular complexity index is 593. The van der Waals surface area contributed by atoms with Crippen LogP contribution in [0.3, 0.4) is 0 Å². The van der Waals surface area contributed by atoms with E-state index < -0.39 is 17.8 Å². The lowest BCUT2D eigenvalue weighted by Crippen LogP contribution is -2.59. The first kappa shape index (κ1) is 15.3. The maximum atomic E-state index is 12.7. The molecule has 0 bridgehead atoms. The van der Waals surface area contributed by atoms with Crippen molar-refractivity contribution in [3.63, 3.8) is 0 Å². The zero-order valence-electron chi connectivity index (χ0n) is 12.5. The van der Waals surface area contributed by atoms with Gasteiger partial charge >= 0.3 is 6.18 Å². The van der Waals surface area contributed by atoms with Gasteiger partial charge in [-0.25, -0.2) is 0 Å². The van der Waals surface area contributed by atoms with Crippen LogP contribution in [0.15, 0.2) is 6.07 Å². The number of morpholine rings is 1. The van der Waals surface area contributed by atoms with E-state index in [0.717, 1.165) is 30.0 Å². The van der Waals surface area contributed by atoms with Crippen LogP contribution in [0.2, 0.25) is 0 Å². The molecule has 2 aliphatic rings. The second kappa shape index (κ2) is 4.97. The van der Waals surface area contributed by atoms with E-state index in [9.17, 15) is 18.0 Å². The SMILES string of the molecule is CC1CN(C(=O)c2cc(C(F)(F)F)nn2C)CC2(CCC2)O1. The lowest BCUT2D eigenvalue weighted by Gasteiger charge is -2.50. The van der Waals surface area contributed by atoms with Gasteiger partial charge in [-0.15, -0.1) is 0 Å². The molecule has 1 spiro atoms. The molecule has 0 N–H and O–H groups in total. The highest BCUT2D eigenvalue weighted by atomic mass is 19.4. The summed E-state index contributed by atoms with van der Waals surface area (Å²) in [7, 11) is 1.35. The molecule has 1 aromatic rings. The second-order valence-corrected chi connectivity index (χ2v) is 6.19. The van der Waals surface area contributed by atoms with Crippen molar-refractivity contribution >= 4 is 5.91 Å². The summed E-state index contributed by atoms with van der Waals surface area (Å²) in [4.78, 5) is 14.2. The van der Waals surface area contributed by atoms with E-state index in [1.165, 1.54) is 7.05 Å². The van der Waals surface area contributed by atoms with Crippen molar-refractivity contribution in [1.29, 1.82) is 0 Å². The van der Waals surface area contributed by atoms with Crippen LogP contribution in [0.4, 0.5) is 13.2 Å². The number of hydrogen-bond acceptors (Lipinski definition) is 3. The number of alkyl halides is 3. The quantitative estimate of drug-likeness (QED) is 0.798. The molecular formula is C14H18F3N3O2. The normalized spacial score (nSPS) is 24.4. The minimum atomic E-state index is -4.55. The molecular weight excluding hydrogens is 299 g/mol.